The van der Waals surface area contributed by atoms with Crippen molar-refractivity contribution in [1.82, 2.24) is 10.2 Å². The number of aliphatic hydroxyl groups is 1. The minimum Gasteiger partial charge on any atom is -0.464 e. The highest BCUT2D eigenvalue weighted by Crippen LogP contribution is 2.44. The van der Waals surface area contributed by atoms with Crippen LogP contribution in [0.25, 0.3) is 0 Å². The number of esters is 1. The molecule has 1 aliphatic rings. The number of ether oxygens (including phenoxy) is 1. The van der Waals surface area contributed by atoms with Gasteiger partial charge in [-0.15, -0.1) is 0 Å². The number of carbonyl (C=O) groups is 2. The molecule has 23 heavy (non-hydrogen) atoms. The molecule has 6 heteroatoms. The average Bonchev–Trinajstić information content (AvgIpc) is 2.42. The van der Waals surface area contributed by atoms with Crippen molar-refractivity contribution in [2.75, 3.05) is 19.8 Å². The number of nitrogens with one attached hydrogen (secondary N) is 1. The summed E-state index contributed by atoms with van der Waals surface area (Å²) in [6.07, 6.45) is 1.23. The van der Waals surface area contributed by atoms with Crippen molar-refractivity contribution in [3.8, 4) is 0 Å². The first kappa shape index (κ1) is 19.9. The van der Waals surface area contributed by atoms with E-state index in [1.807, 2.05) is 27.7 Å². The van der Waals surface area contributed by atoms with Crippen molar-refractivity contribution >= 4 is 11.9 Å². The summed E-state index contributed by atoms with van der Waals surface area (Å²) in [4.78, 5) is 27.0. The third kappa shape index (κ3) is 4.23. The van der Waals surface area contributed by atoms with Crippen LogP contribution >= 0.6 is 0 Å². The van der Waals surface area contributed by atoms with E-state index < -0.39 is 5.54 Å². The van der Waals surface area contributed by atoms with Crippen molar-refractivity contribution in [3.63, 3.8) is 0 Å². The van der Waals surface area contributed by atoms with Gasteiger partial charge in [0.2, 0.25) is 5.91 Å². The molecule has 6 nitrogen and oxygen atoms in total. The lowest BCUT2D eigenvalue weighted by Crippen LogP contribution is -2.72. The van der Waals surface area contributed by atoms with Crippen LogP contribution in [0, 0.1) is 0 Å². The number of aliphatic hydroxyl groups excluding tert-OH is 1. The molecule has 134 valence electrons. The summed E-state index contributed by atoms with van der Waals surface area (Å²) in [6, 6.07) is 0. The number of carbonyl (C=O) groups excluding carboxylic acids is 2. The van der Waals surface area contributed by atoms with E-state index in [1.165, 1.54) is 0 Å². The van der Waals surface area contributed by atoms with Gasteiger partial charge in [0.15, 0.2) is 0 Å². The number of hydrogen-bond acceptors (Lipinski definition) is 5. The van der Waals surface area contributed by atoms with Crippen molar-refractivity contribution in [3.05, 3.63) is 0 Å². The van der Waals surface area contributed by atoms with E-state index in [9.17, 15) is 14.7 Å². The maximum Gasteiger partial charge on any atom is 0.331 e. The van der Waals surface area contributed by atoms with E-state index in [0.717, 1.165) is 0 Å². The molecule has 0 aromatic carbocycles. The number of likely N-dealkylation sites (tertiary alicyclic amines) is 1. The van der Waals surface area contributed by atoms with Crippen LogP contribution in [0.15, 0.2) is 0 Å². The van der Waals surface area contributed by atoms with Gasteiger partial charge in [0.25, 0.3) is 0 Å². The first-order valence-corrected chi connectivity index (χ1v) is 8.41. The van der Waals surface area contributed by atoms with E-state index >= 15 is 0 Å². The number of piperidine rings is 1. The SMILES string of the molecule is CCOC(=O)C1(NC(=O)CC)CC(C)(C)N(CCO)C(C)(C)C1. The molecule has 0 aromatic heterocycles. The number of β-amino-alcohol motifs (C(OH)–C–C–N with tert-alkyl or cyclic N) is 1. The normalized spacial score (nSPS) is 22.4. The minimum atomic E-state index is -1.03. The Bertz CT molecular complexity index is 428. The van der Waals surface area contributed by atoms with Crippen LogP contribution < -0.4 is 5.32 Å². The predicted octanol–water partition coefficient (Wildman–Crippen LogP) is 1.46. The summed E-state index contributed by atoms with van der Waals surface area (Å²) in [6.45, 7) is 12.6. The zero-order chi connectivity index (χ0) is 17.9. The third-order valence-corrected chi connectivity index (χ3v) is 4.62. The summed E-state index contributed by atoms with van der Waals surface area (Å²) in [5.74, 6) is -0.521. The molecule has 1 amide bonds. The van der Waals surface area contributed by atoms with Crippen molar-refractivity contribution in [2.24, 2.45) is 0 Å². The van der Waals surface area contributed by atoms with Gasteiger partial charge < -0.3 is 15.2 Å². The molecule has 1 rings (SSSR count). The molecule has 1 heterocycles. The highest BCUT2D eigenvalue weighted by atomic mass is 16.5. The molecular formula is C17H32N2O4. The Balaban J connectivity index is 3.26. The van der Waals surface area contributed by atoms with E-state index in [-0.39, 0.29) is 36.2 Å². The molecule has 0 saturated carbocycles. The fourth-order valence-corrected chi connectivity index (χ4v) is 4.16. The molecule has 0 atom stereocenters. The van der Waals surface area contributed by atoms with E-state index in [2.05, 4.69) is 10.2 Å². The molecular weight excluding hydrogens is 296 g/mol. The summed E-state index contributed by atoms with van der Waals surface area (Å²) in [7, 11) is 0. The number of rotatable bonds is 6. The Morgan fingerprint density at radius 2 is 1.65 bits per heavy atom. The van der Waals surface area contributed by atoms with E-state index in [1.54, 1.807) is 13.8 Å². The Labute approximate surface area is 139 Å². The zero-order valence-electron chi connectivity index (χ0n) is 15.4. The summed E-state index contributed by atoms with van der Waals surface area (Å²) in [5, 5.41) is 12.3. The average molecular weight is 328 g/mol. The van der Waals surface area contributed by atoms with Gasteiger partial charge in [-0.05, 0) is 47.5 Å². The number of amides is 1. The zero-order valence-corrected chi connectivity index (χ0v) is 15.4. The highest BCUT2D eigenvalue weighted by molar-refractivity contribution is 5.88. The molecule has 0 spiro atoms. The quantitative estimate of drug-likeness (QED) is 0.722. The Morgan fingerprint density at radius 1 is 1.13 bits per heavy atom. The summed E-state index contributed by atoms with van der Waals surface area (Å²) in [5.41, 5.74) is -1.75. The second-order valence-electron chi connectivity index (χ2n) is 7.56. The van der Waals surface area contributed by atoms with Crippen LogP contribution in [0.3, 0.4) is 0 Å². The molecule has 0 unspecified atom stereocenters. The number of hydrogen-bond donors (Lipinski definition) is 2. The third-order valence-electron chi connectivity index (χ3n) is 4.62. The molecule has 2 N–H and O–H groups in total. The lowest BCUT2D eigenvalue weighted by atomic mass is 9.68. The summed E-state index contributed by atoms with van der Waals surface area (Å²) < 4.78 is 5.29. The lowest BCUT2D eigenvalue weighted by Gasteiger charge is -2.58. The molecule has 0 radical (unpaired) electrons. The van der Waals surface area contributed by atoms with Gasteiger partial charge in [-0.2, -0.15) is 0 Å². The monoisotopic (exact) mass is 328 g/mol. The smallest absolute Gasteiger partial charge is 0.331 e. The first-order valence-electron chi connectivity index (χ1n) is 8.41. The second-order valence-corrected chi connectivity index (χ2v) is 7.56. The molecule has 1 fully saturated rings. The van der Waals surface area contributed by atoms with Crippen LogP contribution in [-0.2, 0) is 14.3 Å². The van der Waals surface area contributed by atoms with Crippen molar-refractivity contribution in [2.45, 2.75) is 77.4 Å². The van der Waals surface area contributed by atoms with Crippen molar-refractivity contribution < 1.29 is 19.4 Å². The van der Waals surface area contributed by atoms with Gasteiger partial charge >= 0.3 is 5.97 Å². The predicted molar refractivity (Wildman–Crippen MR) is 89.0 cm³/mol. The Hall–Kier alpha value is -1.14. The van der Waals surface area contributed by atoms with Gasteiger partial charge in [0.1, 0.15) is 5.54 Å². The first-order chi connectivity index (χ1) is 10.5. The summed E-state index contributed by atoms with van der Waals surface area (Å²) >= 11 is 0. The molecule has 0 aromatic rings. The van der Waals surface area contributed by atoms with Crippen molar-refractivity contribution in [1.29, 1.82) is 0 Å². The highest BCUT2D eigenvalue weighted by Gasteiger charge is 2.56. The molecule has 1 aliphatic heterocycles. The van der Waals surface area contributed by atoms with Crippen LogP contribution in [0.1, 0.15) is 60.8 Å². The fourth-order valence-electron chi connectivity index (χ4n) is 4.16. The van der Waals surface area contributed by atoms with E-state index in [0.29, 0.717) is 25.8 Å². The molecule has 1 saturated heterocycles. The molecule has 0 bridgehead atoms. The van der Waals surface area contributed by atoms with Crippen LogP contribution in [0.4, 0.5) is 0 Å². The fraction of sp³-hybridized carbons (Fsp3) is 0.882. The lowest BCUT2D eigenvalue weighted by molar-refractivity contribution is -0.165. The Morgan fingerprint density at radius 3 is 2.04 bits per heavy atom. The van der Waals surface area contributed by atoms with Crippen LogP contribution in [0.5, 0.6) is 0 Å². The largest absolute Gasteiger partial charge is 0.464 e. The van der Waals surface area contributed by atoms with Gasteiger partial charge in [-0.25, -0.2) is 4.79 Å². The Kier molecular flexibility index (Phi) is 6.21. The maximum atomic E-state index is 12.7. The minimum absolute atomic E-state index is 0.0561. The van der Waals surface area contributed by atoms with Gasteiger partial charge in [-0.1, -0.05) is 6.92 Å². The van der Waals surface area contributed by atoms with Gasteiger partial charge in [0, 0.05) is 24.0 Å². The van der Waals surface area contributed by atoms with Crippen LogP contribution in [-0.4, -0.2) is 58.3 Å². The number of nitrogens with zero attached hydrogens (tertiary/aromatic N) is 1. The van der Waals surface area contributed by atoms with Crippen LogP contribution in [0.2, 0.25) is 0 Å². The molecule has 0 aliphatic carbocycles. The van der Waals surface area contributed by atoms with E-state index in [4.69, 9.17) is 4.74 Å². The van der Waals surface area contributed by atoms with Gasteiger partial charge in [0.05, 0.1) is 13.2 Å². The standard InChI is InChI=1S/C17H32N2O4/c1-7-13(21)18-17(14(22)23-8-2)11-15(3,4)19(9-10-20)16(5,6)12-17/h20H,7-12H2,1-6H3,(H,18,21). The maximum absolute atomic E-state index is 12.7. The second kappa shape index (κ2) is 7.18. The topological polar surface area (TPSA) is 78.9 Å². The van der Waals surface area contributed by atoms with Gasteiger partial charge in [-0.3, -0.25) is 9.69 Å².